The van der Waals surface area contributed by atoms with Gasteiger partial charge >= 0.3 is 0 Å². The third kappa shape index (κ3) is 1.41. The van der Waals surface area contributed by atoms with Crippen LogP contribution in [-0.2, 0) is 0 Å². The molecule has 0 saturated carbocycles. The fraction of sp³-hybridized carbons (Fsp3) is 0.556. The summed E-state index contributed by atoms with van der Waals surface area (Å²) in [6.45, 7) is 8.76. The summed E-state index contributed by atoms with van der Waals surface area (Å²) < 4.78 is 0. The molecule has 0 amide bonds. The highest BCUT2D eigenvalue weighted by Crippen LogP contribution is 2.12. The molecule has 0 aromatic heterocycles. The second-order valence-corrected chi connectivity index (χ2v) is 2.84. The molecule has 1 heteroatoms. The molecule has 0 aromatic carbocycles. The number of likely N-dealkylation sites (N-methyl/N-ethyl adjacent to an activating group) is 1. The standard InChI is InChI=1S/C9H15N/c1-4-10-6-5-8(2)9(3)7-10/h5-6H,4,7H2,1-3H3. The van der Waals surface area contributed by atoms with E-state index in [0.29, 0.717) is 0 Å². The molecule has 1 aliphatic heterocycles. The Balaban J connectivity index is 2.65. The Kier molecular flexibility index (Phi) is 2.15. The first-order valence-corrected chi connectivity index (χ1v) is 3.82. The summed E-state index contributed by atoms with van der Waals surface area (Å²) in [5.74, 6) is 0. The van der Waals surface area contributed by atoms with Gasteiger partial charge in [-0.25, -0.2) is 0 Å². The van der Waals surface area contributed by atoms with Crippen LogP contribution in [0.15, 0.2) is 23.4 Å². The van der Waals surface area contributed by atoms with Gasteiger partial charge in [0.25, 0.3) is 0 Å². The van der Waals surface area contributed by atoms with E-state index in [1.54, 1.807) is 0 Å². The van der Waals surface area contributed by atoms with E-state index in [0.717, 1.165) is 13.1 Å². The molecule has 0 radical (unpaired) electrons. The monoisotopic (exact) mass is 137 g/mol. The molecule has 1 rings (SSSR count). The van der Waals surface area contributed by atoms with Gasteiger partial charge in [-0.2, -0.15) is 0 Å². The summed E-state index contributed by atoms with van der Waals surface area (Å²) in [7, 11) is 0. The average Bonchev–Trinajstić information content (AvgIpc) is 1.95. The summed E-state index contributed by atoms with van der Waals surface area (Å²) >= 11 is 0. The number of hydrogen-bond acceptors (Lipinski definition) is 1. The van der Waals surface area contributed by atoms with E-state index < -0.39 is 0 Å². The minimum absolute atomic E-state index is 1.11. The quantitative estimate of drug-likeness (QED) is 0.535. The molecule has 0 N–H and O–H groups in total. The Hall–Kier alpha value is -0.720. The second-order valence-electron chi connectivity index (χ2n) is 2.84. The molecular weight excluding hydrogens is 122 g/mol. The zero-order valence-corrected chi connectivity index (χ0v) is 7.02. The van der Waals surface area contributed by atoms with Crippen molar-refractivity contribution in [3.05, 3.63) is 23.4 Å². The maximum absolute atomic E-state index is 2.31. The van der Waals surface area contributed by atoms with E-state index in [-0.39, 0.29) is 0 Å². The summed E-state index contributed by atoms with van der Waals surface area (Å²) in [6, 6.07) is 0. The van der Waals surface area contributed by atoms with Crippen molar-refractivity contribution in [2.45, 2.75) is 20.8 Å². The van der Waals surface area contributed by atoms with Crippen molar-refractivity contribution in [3.63, 3.8) is 0 Å². The van der Waals surface area contributed by atoms with Crippen LogP contribution in [0, 0.1) is 0 Å². The first-order valence-electron chi connectivity index (χ1n) is 3.82. The number of hydrogen-bond donors (Lipinski definition) is 0. The smallest absolute Gasteiger partial charge is 0.0386 e. The number of nitrogens with zero attached hydrogens (tertiary/aromatic N) is 1. The average molecular weight is 137 g/mol. The third-order valence-electron chi connectivity index (χ3n) is 2.05. The largest absolute Gasteiger partial charge is 0.374 e. The molecule has 0 aliphatic carbocycles. The van der Waals surface area contributed by atoms with Gasteiger partial charge in [0.05, 0.1) is 0 Å². The first-order chi connectivity index (χ1) is 4.74. The van der Waals surface area contributed by atoms with E-state index >= 15 is 0 Å². The lowest BCUT2D eigenvalue weighted by atomic mass is 10.1. The maximum Gasteiger partial charge on any atom is 0.0386 e. The Bertz CT molecular complexity index is 177. The fourth-order valence-electron chi connectivity index (χ4n) is 1.06. The molecule has 1 aliphatic rings. The fourth-order valence-corrected chi connectivity index (χ4v) is 1.06. The minimum atomic E-state index is 1.11. The van der Waals surface area contributed by atoms with Gasteiger partial charge in [0.15, 0.2) is 0 Å². The first kappa shape index (κ1) is 7.39. The van der Waals surface area contributed by atoms with Crippen molar-refractivity contribution in [2.75, 3.05) is 13.1 Å². The normalized spacial score (nSPS) is 18.5. The zero-order valence-electron chi connectivity index (χ0n) is 7.02. The van der Waals surface area contributed by atoms with Crippen molar-refractivity contribution in [1.29, 1.82) is 0 Å². The summed E-state index contributed by atoms with van der Waals surface area (Å²) in [4.78, 5) is 2.31. The summed E-state index contributed by atoms with van der Waals surface area (Å²) in [5.41, 5.74) is 2.91. The van der Waals surface area contributed by atoms with Crippen molar-refractivity contribution in [3.8, 4) is 0 Å². The van der Waals surface area contributed by atoms with Crippen LogP contribution in [0.25, 0.3) is 0 Å². The Morgan fingerprint density at radius 3 is 2.70 bits per heavy atom. The van der Waals surface area contributed by atoms with E-state index in [9.17, 15) is 0 Å². The molecule has 1 heterocycles. The lowest BCUT2D eigenvalue weighted by Gasteiger charge is -2.23. The molecule has 0 aromatic rings. The topological polar surface area (TPSA) is 3.24 Å². The molecule has 0 atom stereocenters. The van der Waals surface area contributed by atoms with Crippen LogP contribution in [0.1, 0.15) is 20.8 Å². The van der Waals surface area contributed by atoms with Crippen LogP contribution in [0.3, 0.4) is 0 Å². The lowest BCUT2D eigenvalue weighted by Crippen LogP contribution is -2.21. The van der Waals surface area contributed by atoms with Crippen LogP contribution in [0.5, 0.6) is 0 Å². The predicted octanol–water partition coefficient (Wildman–Crippen LogP) is 2.17. The van der Waals surface area contributed by atoms with Crippen LogP contribution in [0.2, 0.25) is 0 Å². The van der Waals surface area contributed by atoms with Gasteiger partial charge in [-0.3, -0.25) is 0 Å². The zero-order chi connectivity index (χ0) is 7.56. The highest BCUT2D eigenvalue weighted by Gasteiger charge is 2.03. The number of allylic oxidation sites excluding steroid dienone is 2. The molecule has 10 heavy (non-hydrogen) atoms. The van der Waals surface area contributed by atoms with Crippen LogP contribution < -0.4 is 0 Å². The Morgan fingerprint density at radius 1 is 1.50 bits per heavy atom. The molecular formula is C9H15N. The van der Waals surface area contributed by atoms with Gasteiger partial charge < -0.3 is 4.90 Å². The number of rotatable bonds is 1. The Morgan fingerprint density at radius 2 is 2.20 bits per heavy atom. The van der Waals surface area contributed by atoms with Crippen LogP contribution >= 0.6 is 0 Å². The molecule has 0 fully saturated rings. The summed E-state index contributed by atoms with van der Waals surface area (Å²) in [6.07, 6.45) is 4.35. The third-order valence-corrected chi connectivity index (χ3v) is 2.05. The predicted molar refractivity (Wildman–Crippen MR) is 44.8 cm³/mol. The molecule has 0 unspecified atom stereocenters. The van der Waals surface area contributed by atoms with Crippen molar-refractivity contribution in [1.82, 2.24) is 4.90 Å². The van der Waals surface area contributed by atoms with Gasteiger partial charge in [-0.05, 0) is 38.6 Å². The van der Waals surface area contributed by atoms with Gasteiger partial charge in [0, 0.05) is 13.1 Å². The maximum atomic E-state index is 2.31. The minimum Gasteiger partial charge on any atom is -0.374 e. The van der Waals surface area contributed by atoms with Crippen molar-refractivity contribution >= 4 is 0 Å². The van der Waals surface area contributed by atoms with Gasteiger partial charge in [0.2, 0.25) is 0 Å². The lowest BCUT2D eigenvalue weighted by molar-refractivity contribution is 0.422. The van der Waals surface area contributed by atoms with Gasteiger partial charge in [0.1, 0.15) is 0 Å². The SMILES string of the molecule is CCN1C=CC(C)=C(C)C1. The van der Waals surface area contributed by atoms with E-state index in [4.69, 9.17) is 0 Å². The Labute approximate surface area is 63.0 Å². The molecule has 0 bridgehead atoms. The summed E-state index contributed by atoms with van der Waals surface area (Å²) in [5, 5.41) is 0. The highest BCUT2D eigenvalue weighted by molar-refractivity contribution is 5.26. The van der Waals surface area contributed by atoms with E-state index in [2.05, 4.69) is 37.9 Å². The van der Waals surface area contributed by atoms with Crippen molar-refractivity contribution in [2.24, 2.45) is 0 Å². The highest BCUT2D eigenvalue weighted by atomic mass is 15.1. The molecule has 56 valence electrons. The second kappa shape index (κ2) is 2.91. The van der Waals surface area contributed by atoms with E-state index in [1.165, 1.54) is 11.1 Å². The molecule has 0 spiro atoms. The van der Waals surface area contributed by atoms with Gasteiger partial charge in [-0.1, -0.05) is 5.57 Å². The van der Waals surface area contributed by atoms with E-state index in [1.807, 2.05) is 0 Å². The molecule has 0 saturated heterocycles. The van der Waals surface area contributed by atoms with Crippen LogP contribution in [0.4, 0.5) is 0 Å². The molecule has 1 nitrogen and oxygen atoms in total. The van der Waals surface area contributed by atoms with Crippen LogP contribution in [-0.4, -0.2) is 18.0 Å². The van der Waals surface area contributed by atoms with Crippen molar-refractivity contribution < 1.29 is 0 Å². The van der Waals surface area contributed by atoms with Gasteiger partial charge in [-0.15, -0.1) is 0 Å².